The smallest absolute Gasteiger partial charge is 0.129 e. The fraction of sp³-hybridized carbons (Fsp3) is 0.588. The molecule has 0 radical (unpaired) electrons. The average molecular weight is 306 g/mol. The van der Waals surface area contributed by atoms with Gasteiger partial charge in [-0.15, -0.1) is 0 Å². The van der Waals surface area contributed by atoms with Crippen LogP contribution in [0.5, 0.6) is 5.75 Å². The van der Waals surface area contributed by atoms with Gasteiger partial charge in [0, 0.05) is 13.1 Å². The van der Waals surface area contributed by atoms with Gasteiger partial charge in [-0.25, -0.2) is 0 Å². The molecule has 1 aliphatic rings. The van der Waals surface area contributed by atoms with Crippen LogP contribution in [-0.4, -0.2) is 30.6 Å². The van der Waals surface area contributed by atoms with E-state index in [2.05, 4.69) is 18.0 Å². The Morgan fingerprint density at radius 3 is 2.67 bits per heavy atom. The van der Waals surface area contributed by atoms with E-state index in [1.807, 2.05) is 12.1 Å². The number of benzene rings is 1. The van der Waals surface area contributed by atoms with Gasteiger partial charge in [0.1, 0.15) is 10.7 Å². The summed E-state index contributed by atoms with van der Waals surface area (Å²) < 4.78 is 5.39. The van der Waals surface area contributed by atoms with E-state index in [9.17, 15) is 0 Å². The molecule has 1 saturated carbocycles. The third kappa shape index (κ3) is 4.68. The van der Waals surface area contributed by atoms with Crippen LogP contribution in [0.3, 0.4) is 0 Å². The highest BCUT2D eigenvalue weighted by molar-refractivity contribution is 7.80. The molecule has 4 heteroatoms. The molecule has 0 bridgehead atoms. The number of rotatable bonds is 6. The van der Waals surface area contributed by atoms with E-state index in [1.54, 1.807) is 7.11 Å². The molecule has 0 atom stereocenters. The second kappa shape index (κ2) is 7.76. The van der Waals surface area contributed by atoms with E-state index in [-0.39, 0.29) is 0 Å². The van der Waals surface area contributed by atoms with Crippen molar-refractivity contribution in [1.29, 1.82) is 0 Å². The Morgan fingerprint density at radius 1 is 1.33 bits per heavy atom. The first-order valence-corrected chi connectivity index (χ1v) is 8.16. The molecular formula is C17H26N2OS. The summed E-state index contributed by atoms with van der Waals surface area (Å²) in [6.07, 6.45) is 6.98. The van der Waals surface area contributed by atoms with Crippen LogP contribution in [0.2, 0.25) is 0 Å². The molecule has 21 heavy (non-hydrogen) atoms. The van der Waals surface area contributed by atoms with Gasteiger partial charge in [0.25, 0.3) is 0 Å². The number of hydrogen-bond acceptors (Lipinski definition) is 3. The highest BCUT2D eigenvalue weighted by atomic mass is 32.1. The quantitative estimate of drug-likeness (QED) is 0.818. The van der Waals surface area contributed by atoms with Crippen LogP contribution in [0.4, 0.5) is 0 Å². The molecule has 2 rings (SSSR count). The largest absolute Gasteiger partial charge is 0.496 e. The fourth-order valence-electron chi connectivity index (χ4n) is 3.22. The first-order chi connectivity index (χ1) is 10.1. The van der Waals surface area contributed by atoms with E-state index >= 15 is 0 Å². The van der Waals surface area contributed by atoms with Crippen molar-refractivity contribution in [3.05, 3.63) is 29.3 Å². The van der Waals surface area contributed by atoms with Gasteiger partial charge in [0.2, 0.25) is 0 Å². The van der Waals surface area contributed by atoms with Gasteiger partial charge in [-0.2, -0.15) is 0 Å². The zero-order valence-corrected chi connectivity index (χ0v) is 13.9. The van der Waals surface area contributed by atoms with E-state index in [4.69, 9.17) is 22.7 Å². The summed E-state index contributed by atoms with van der Waals surface area (Å²) >= 11 is 5.04. The first kappa shape index (κ1) is 16.2. The minimum atomic E-state index is 0.383. The van der Waals surface area contributed by atoms with Gasteiger partial charge in [-0.3, -0.25) is 0 Å². The Kier molecular flexibility index (Phi) is 6.00. The fourth-order valence-corrected chi connectivity index (χ4v) is 3.39. The standard InChI is InChI=1S/C17H26N2OS/c1-19(11-13-6-4-3-5-7-13)12-14-8-9-15(17(18)21)16(10-14)20-2/h8-10,13H,3-7,11-12H2,1-2H3,(H2,18,21). The lowest BCUT2D eigenvalue weighted by Crippen LogP contribution is -2.26. The molecule has 1 aromatic rings. The summed E-state index contributed by atoms with van der Waals surface area (Å²) in [5.41, 5.74) is 7.76. The topological polar surface area (TPSA) is 38.5 Å². The zero-order chi connectivity index (χ0) is 15.2. The molecule has 0 unspecified atom stereocenters. The van der Waals surface area contributed by atoms with Crippen molar-refractivity contribution in [1.82, 2.24) is 4.90 Å². The summed E-state index contributed by atoms with van der Waals surface area (Å²) in [7, 11) is 3.86. The van der Waals surface area contributed by atoms with Crippen molar-refractivity contribution in [3.63, 3.8) is 0 Å². The predicted molar refractivity (Wildman–Crippen MR) is 91.8 cm³/mol. The maximum atomic E-state index is 5.71. The van der Waals surface area contributed by atoms with Crippen LogP contribution in [0, 0.1) is 5.92 Å². The average Bonchev–Trinajstić information content (AvgIpc) is 2.47. The van der Waals surface area contributed by atoms with Gasteiger partial charge in [0.15, 0.2) is 0 Å². The lowest BCUT2D eigenvalue weighted by atomic mass is 9.89. The molecule has 0 heterocycles. The van der Waals surface area contributed by atoms with Crippen LogP contribution in [0.1, 0.15) is 43.2 Å². The number of thiocarbonyl (C=S) groups is 1. The molecule has 0 amide bonds. The van der Waals surface area contributed by atoms with Gasteiger partial charge >= 0.3 is 0 Å². The molecule has 0 spiro atoms. The number of methoxy groups -OCH3 is 1. The Morgan fingerprint density at radius 2 is 2.05 bits per heavy atom. The Hall–Kier alpha value is -1.13. The van der Waals surface area contributed by atoms with Crippen LogP contribution >= 0.6 is 12.2 Å². The molecule has 0 saturated heterocycles. The van der Waals surface area contributed by atoms with E-state index < -0.39 is 0 Å². The summed E-state index contributed by atoms with van der Waals surface area (Å²) in [6.45, 7) is 2.11. The maximum Gasteiger partial charge on any atom is 0.129 e. The SMILES string of the molecule is COc1cc(CN(C)CC2CCCCC2)ccc1C(N)=S. The summed E-state index contributed by atoms with van der Waals surface area (Å²) in [5, 5.41) is 0. The monoisotopic (exact) mass is 306 g/mol. The third-order valence-electron chi connectivity index (χ3n) is 4.28. The molecule has 3 nitrogen and oxygen atoms in total. The number of nitrogens with zero attached hydrogens (tertiary/aromatic N) is 1. The second-order valence-corrected chi connectivity index (χ2v) is 6.54. The molecule has 1 fully saturated rings. The van der Waals surface area contributed by atoms with Crippen molar-refractivity contribution in [3.8, 4) is 5.75 Å². The van der Waals surface area contributed by atoms with E-state index in [1.165, 1.54) is 44.2 Å². The van der Waals surface area contributed by atoms with Crippen molar-refractivity contribution >= 4 is 17.2 Å². The normalized spacial score (nSPS) is 16.1. The van der Waals surface area contributed by atoms with Crippen LogP contribution in [-0.2, 0) is 6.54 Å². The summed E-state index contributed by atoms with van der Waals surface area (Å²) in [4.78, 5) is 2.79. The van der Waals surface area contributed by atoms with Crippen molar-refractivity contribution in [2.75, 3.05) is 20.7 Å². The lowest BCUT2D eigenvalue weighted by Gasteiger charge is -2.27. The van der Waals surface area contributed by atoms with Gasteiger partial charge in [-0.1, -0.05) is 37.5 Å². The van der Waals surface area contributed by atoms with Crippen molar-refractivity contribution in [2.45, 2.75) is 38.6 Å². The number of hydrogen-bond donors (Lipinski definition) is 1. The van der Waals surface area contributed by atoms with Crippen molar-refractivity contribution < 1.29 is 4.74 Å². The van der Waals surface area contributed by atoms with Crippen molar-refractivity contribution in [2.24, 2.45) is 11.7 Å². The minimum Gasteiger partial charge on any atom is -0.496 e. The molecule has 0 aromatic heterocycles. The Labute approximate surface area is 133 Å². The van der Waals surface area contributed by atoms with Gasteiger partial charge < -0.3 is 15.4 Å². The molecule has 2 N–H and O–H groups in total. The first-order valence-electron chi connectivity index (χ1n) is 7.75. The molecule has 116 valence electrons. The number of ether oxygens (including phenoxy) is 1. The molecule has 1 aromatic carbocycles. The van der Waals surface area contributed by atoms with E-state index in [0.717, 1.165) is 23.8 Å². The second-order valence-electron chi connectivity index (χ2n) is 6.10. The molecular weight excluding hydrogens is 280 g/mol. The highest BCUT2D eigenvalue weighted by Crippen LogP contribution is 2.25. The summed E-state index contributed by atoms with van der Waals surface area (Å²) in [6, 6.07) is 6.10. The minimum absolute atomic E-state index is 0.383. The molecule has 0 aliphatic heterocycles. The van der Waals surface area contributed by atoms with Crippen LogP contribution in [0.25, 0.3) is 0 Å². The number of nitrogens with two attached hydrogens (primary N) is 1. The predicted octanol–water partition coefficient (Wildman–Crippen LogP) is 3.34. The van der Waals surface area contributed by atoms with Gasteiger partial charge in [-0.05, 0) is 43.5 Å². The Balaban J connectivity index is 1.96. The van der Waals surface area contributed by atoms with E-state index in [0.29, 0.717) is 4.99 Å². The lowest BCUT2D eigenvalue weighted by molar-refractivity contribution is 0.228. The highest BCUT2D eigenvalue weighted by Gasteiger charge is 2.16. The maximum absolute atomic E-state index is 5.71. The Bertz CT molecular complexity index is 484. The summed E-state index contributed by atoms with van der Waals surface area (Å²) in [5.74, 6) is 1.63. The molecule has 1 aliphatic carbocycles. The third-order valence-corrected chi connectivity index (χ3v) is 4.50. The van der Waals surface area contributed by atoms with Gasteiger partial charge in [0.05, 0.1) is 12.7 Å². The van der Waals surface area contributed by atoms with Crippen LogP contribution < -0.4 is 10.5 Å². The van der Waals surface area contributed by atoms with Crippen LogP contribution in [0.15, 0.2) is 18.2 Å². The zero-order valence-electron chi connectivity index (χ0n) is 13.1.